The predicted octanol–water partition coefficient (Wildman–Crippen LogP) is 4.23. The van der Waals surface area contributed by atoms with Crippen molar-refractivity contribution in [3.8, 4) is 5.75 Å². The molecule has 0 bridgehead atoms. The number of benzene rings is 2. The maximum atomic E-state index is 14.1. The van der Waals surface area contributed by atoms with Gasteiger partial charge in [-0.3, -0.25) is 0 Å². The lowest BCUT2D eigenvalue weighted by atomic mass is 9.97. The minimum Gasteiger partial charge on any atom is -0.494 e. The first-order chi connectivity index (χ1) is 10.2. The van der Waals surface area contributed by atoms with E-state index >= 15 is 0 Å². The lowest BCUT2D eigenvalue weighted by molar-refractivity contribution is 0.317. The number of halogens is 1. The summed E-state index contributed by atoms with van der Waals surface area (Å²) in [6, 6.07) is 12.9. The van der Waals surface area contributed by atoms with E-state index in [4.69, 9.17) is 4.74 Å². The molecule has 3 heteroatoms. The van der Waals surface area contributed by atoms with Crippen LogP contribution in [0.3, 0.4) is 0 Å². The lowest BCUT2D eigenvalue weighted by Crippen LogP contribution is -2.19. The second-order valence-electron chi connectivity index (χ2n) is 5.16. The zero-order chi connectivity index (χ0) is 15.2. The molecule has 0 heterocycles. The molecular formula is C18H22FNO. The van der Waals surface area contributed by atoms with E-state index in [0.29, 0.717) is 12.2 Å². The highest BCUT2D eigenvalue weighted by Gasteiger charge is 2.16. The van der Waals surface area contributed by atoms with Gasteiger partial charge in [0, 0.05) is 5.56 Å². The van der Waals surface area contributed by atoms with Crippen LogP contribution in [-0.2, 0) is 0 Å². The number of rotatable bonds is 6. The van der Waals surface area contributed by atoms with Gasteiger partial charge in [-0.1, -0.05) is 36.8 Å². The molecule has 2 aromatic rings. The van der Waals surface area contributed by atoms with Gasteiger partial charge in [0.25, 0.3) is 0 Å². The summed E-state index contributed by atoms with van der Waals surface area (Å²) in [6.45, 7) is 4.75. The highest BCUT2D eigenvalue weighted by Crippen LogP contribution is 2.26. The Morgan fingerprint density at radius 1 is 1.14 bits per heavy atom. The molecule has 0 saturated heterocycles. The molecule has 21 heavy (non-hydrogen) atoms. The van der Waals surface area contributed by atoms with Crippen LogP contribution in [0.5, 0.6) is 5.75 Å². The molecule has 0 spiro atoms. The van der Waals surface area contributed by atoms with Crippen LogP contribution >= 0.6 is 0 Å². The summed E-state index contributed by atoms with van der Waals surface area (Å²) in [5.41, 5.74) is 2.74. The third kappa shape index (κ3) is 3.82. The van der Waals surface area contributed by atoms with Crippen LogP contribution in [0.15, 0.2) is 42.5 Å². The number of hydrogen-bond donors (Lipinski definition) is 1. The molecule has 0 radical (unpaired) electrons. The first-order valence-corrected chi connectivity index (χ1v) is 7.31. The van der Waals surface area contributed by atoms with Crippen LogP contribution in [0.25, 0.3) is 0 Å². The van der Waals surface area contributed by atoms with Crippen LogP contribution in [-0.4, -0.2) is 13.7 Å². The molecule has 2 aromatic carbocycles. The minimum atomic E-state index is -0.189. The summed E-state index contributed by atoms with van der Waals surface area (Å²) in [4.78, 5) is 0. The van der Waals surface area contributed by atoms with Gasteiger partial charge in [0.05, 0.1) is 12.6 Å². The quantitative estimate of drug-likeness (QED) is 0.858. The Morgan fingerprint density at radius 3 is 2.48 bits per heavy atom. The van der Waals surface area contributed by atoms with Gasteiger partial charge < -0.3 is 10.1 Å². The van der Waals surface area contributed by atoms with E-state index in [1.165, 1.54) is 6.07 Å². The molecule has 1 N–H and O–H groups in total. The van der Waals surface area contributed by atoms with Crippen LogP contribution in [0.4, 0.5) is 4.39 Å². The van der Waals surface area contributed by atoms with Crippen LogP contribution in [0.2, 0.25) is 0 Å². The van der Waals surface area contributed by atoms with Crippen molar-refractivity contribution in [2.24, 2.45) is 0 Å². The van der Waals surface area contributed by atoms with Crippen molar-refractivity contribution in [2.45, 2.75) is 26.3 Å². The van der Waals surface area contributed by atoms with Gasteiger partial charge in [-0.15, -0.1) is 0 Å². The smallest absolute Gasteiger partial charge is 0.128 e. The third-order valence-corrected chi connectivity index (χ3v) is 3.44. The lowest BCUT2D eigenvalue weighted by Gasteiger charge is -2.19. The summed E-state index contributed by atoms with van der Waals surface area (Å²) in [6.07, 6.45) is 0.982. The van der Waals surface area contributed by atoms with Crippen molar-refractivity contribution >= 4 is 0 Å². The maximum Gasteiger partial charge on any atom is 0.128 e. The fraction of sp³-hybridized carbons (Fsp3) is 0.333. The van der Waals surface area contributed by atoms with E-state index in [1.807, 2.05) is 44.3 Å². The zero-order valence-corrected chi connectivity index (χ0v) is 12.8. The fourth-order valence-electron chi connectivity index (χ4n) is 2.36. The van der Waals surface area contributed by atoms with Crippen molar-refractivity contribution < 1.29 is 9.13 Å². The first-order valence-electron chi connectivity index (χ1n) is 7.31. The highest BCUT2D eigenvalue weighted by atomic mass is 19.1. The summed E-state index contributed by atoms with van der Waals surface area (Å²) < 4.78 is 19.7. The molecule has 2 nitrogen and oxygen atoms in total. The fourth-order valence-corrected chi connectivity index (χ4v) is 2.36. The molecule has 0 fully saturated rings. The van der Waals surface area contributed by atoms with Gasteiger partial charge in [0.15, 0.2) is 0 Å². The first kappa shape index (κ1) is 15.5. The van der Waals surface area contributed by atoms with E-state index in [9.17, 15) is 4.39 Å². The average molecular weight is 287 g/mol. The SMILES string of the molecule is CCCOc1ccc(C(NC)c2cc(C)ccc2F)cc1. The third-order valence-electron chi connectivity index (χ3n) is 3.44. The summed E-state index contributed by atoms with van der Waals surface area (Å²) in [5.74, 6) is 0.659. The molecule has 0 aromatic heterocycles. The number of nitrogens with one attached hydrogen (secondary N) is 1. The molecule has 1 unspecified atom stereocenters. The van der Waals surface area contributed by atoms with E-state index < -0.39 is 0 Å². The molecular weight excluding hydrogens is 265 g/mol. The second kappa shape index (κ2) is 7.23. The summed E-state index contributed by atoms with van der Waals surface area (Å²) in [7, 11) is 1.84. The molecule has 1 atom stereocenters. The Morgan fingerprint density at radius 2 is 1.86 bits per heavy atom. The number of ether oxygens (including phenoxy) is 1. The van der Waals surface area contributed by atoms with Gasteiger partial charge in [-0.05, 0) is 44.2 Å². The Bertz CT molecular complexity index is 580. The van der Waals surface area contributed by atoms with Crippen LogP contribution in [0.1, 0.15) is 36.1 Å². The van der Waals surface area contributed by atoms with Crippen LogP contribution in [0, 0.1) is 12.7 Å². The monoisotopic (exact) mass is 287 g/mol. The Labute approximate surface area is 126 Å². The Kier molecular flexibility index (Phi) is 5.34. The van der Waals surface area contributed by atoms with E-state index in [2.05, 4.69) is 12.2 Å². The van der Waals surface area contributed by atoms with Gasteiger partial charge in [-0.2, -0.15) is 0 Å². The van der Waals surface area contributed by atoms with Crippen LogP contribution < -0.4 is 10.1 Å². The topological polar surface area (TPSA) is 21.3 Å². The van der Waals surface area contributed by atoms with Gasteiger partial charge in [0.1, 0.15) is 11.6 Å². The standard InChI is InChI=1S/C18H22FNO/c1-4-11-21-15-8-6-14(7-9-15)18(20-3)16-12-13(2)5-10-17(16)19/h5-10,12,18,20H,4,11H2,1-3H3. The number of aryl methyl sites for hydroxylation is 1. The molecule has 0 aliphatic carbocycles. The van der Waals surface area contributed by atoms with Crippen molar-refractivity contribution in [3.63, 3.8) is 0 Å². The van der Waals surface area contributed by atoms with Gasteiger partial charge in [0.2, 0.25) is 0 Å². The highest BCUT2D eigenvalue weighted by molar-refractivity contribution is 5.37. The summed E-state index contributed by atoms with van der Waals surface area (Å²) >= 11 is 0. The number of hydrogen-bond acceptors (Lipinski definition) is 2. The second-order valence-corrected chi connectivity index (χ2v) is 5.16. The predicted molar refractivity (Wildman–Crippen MR) is 84.3 cm³/mol. The molecule has 112 valence electrons. The zero-order valence-electron chi connectivity index (χ0n) is 12.8. The molecule has 0 amide bonds. The normalized spacial score (nSPS) is 12.2. The Hall–Kier alpha value is -1.87. The van der Waals surface area contributed by atoms with Gasteiger partial charge in [-0.25, -0.2) is 4.39 Å². The van der Waals surface area contributed by atoms with Crippen molar-refractivity contribution in [1.29, 1.82) is 0 Å². The summed E-state index contributed by atoms with van der Waals surface area (Å²) in [5, 5.41) is 3.18. The van der Waals surface area contributed by atoms with E-state index in [1.54, 1.807) is 6.07 Å². The van der Waals surface area contributed by atoms with Gasteiger partial charge >= 0.3 is 0 Å². The molecule has 0 saturated carbocycles. The molecule has 0 aliphatic heterocycles. The van der Waals surface area contributed by atoms with E-state index in [0.717, 1.165) is 23.3 Å². The van der Waals surface area contributed by atoms with Crippen molar-refractivity contribution in [2.75, 3.05) is 13.7 Å². The maximum absolute atomic E-state index is 14.1. The van der Waals surface area contributed by atoms with E-state index in [-0.39, 0.29) is 11.9 Å². The minimum absolute atomic E-state index is 0.162. The Balaban J connectivity index is 2.26. The van der Waals surface area contributed by atoms with Crippen molar-refractivity contribution in [1.82, 2.24) is 5.32 Å². The van der Waals surface area contributed by atoms with Crippen molar-refractivity contribution in [3.05, 3.63) is 65.0 Å². The molecule has 2 rings (SSSR count). The largest absolute Gasteiger partial charge is 0.494 e. The average Bonchev–Trinajstić information content (AvgIpc) is 2.50. The molecule has 0 aliphatic rings.